The molecule has 1 unspecified atom stereocenters. The number of hydrogen-bond acceptors (Lipinski definition) is 6. The van der Waals surface area contributed by atoms with E-state index in [-0.39, 0.29) is 30.4 Å². The Labute approximate surface area is 186 Å². The number of aromatic carboxylic acids is 1. The summed E-state index contributed by atoms with van der Waals surface area (Å²) in [5.74, 6) is -3.52. The van der Waals surface area contributed by atoms with E-state index in [9.17, 15) is 24.3 Å². The van der Waals surface area contributed by atoms with Crippen LogP contribution in [0.5, 0.6) is 0 Å². The number of amides is 1. The second-order valence-corrected chi connectivity index (χ2v) is 8.26. The van der Waals surface area contributed by atoms with E-state index in [1.54, 1.807) is 63.2 Å². The van der Waals surface area contributed by atoms with Gasteiger partial charge in [0.1, 0.15) is 5.60 Å². The van der Waals surface area contributed by atoms with Crippen molar-refractivity contribution in [3.63, 3.8) is 0 Å². The van der Waals surface area contributed by atoms with Crippen LogP contribution in [0.1, 0.15) is 59.9 Å². The first-order valence-electron chi connectivity index (χ1n) is 10.2. The van der Waals surface area contributed by atoms with Gasteiger partial charge < -0.3 is 14.7 Å². The highest BCUT2D eigenvalue weighted by atomic mass is 16.7. The minimum absolute atomic E-state index is 0.0927. The average molecular weight is 441 g/mol. The van der Waals surface area contributed by atoms with Crippen LogP contribution in [0.25, 0.3) is 0 Å². The molecule has 0 aromatic heterocycles. The van der Waals surface area contributed by atoms with Crippen molar-refractivity contribution in [3.8, 4) is 0 Å². The zero-order valence-electron chi connectivity index (χ0n) is 18.3. The first kappa shape index (κ1) is 24.6. The molecule has 2 aromatic carbocycles. The Hall–Kier alpha value is -3.68. The smallest absolute Gasteiger partial charge is 0.362 e. The molecule has 0 fully saturated rings. The number of carbonyl (C=O) groups is 4. The van der Waals surface area contributed by atoms with Gasteiger partial charge in [-0.25, -0.2) is 9.59 Å². The van der Waals surface area contributed by atoms with Crippen LogP contribution in [-0.2, 0) is 25.6 Å². The van der Waals surface area contributed by atoms with Crippen molar-refractivity contribution >= 4 is 23.8 Å². The molecule has 0 radical (unpaired) electrons. The maximum absolute atomic E-state index is 12.7. The highest BCUT2D eigenvalue weighted by molar-refractivity contribution is 5.90. The molecular formula is C24H27NO7. The lowest BCUT2D eigenvalue weighted by Crippen LogP contribution is -2.32. The number of ether oxygens (including phenoxy) is 1. The summed E-state index contributed by atoms with van der Waals surface area (Å²) in [7, 11) is 0. The minimum Gasteiger partial charge on any atom is -0.478 e. The van der Waals surface area contributed by atoms with E-state index in [1.807, 2.05) is 0 Å². The third kappa shape index (κ3) is 8.22. The number of benzene rings is 2. The van der Waals surface area contributed by atoms with Crippen LogP contribution in [-0.4, -0.2) is 34.5 Å². The Kier molecular flexibility index (Phi) is 8.52. The number of esters is 1. The summed E-state index contributed by atoms with van der Waals surface area (Å²) >= 11 is 0. The number of hydrogen-bond donors (Lipinski definition) is 2. The number of rotatable bonds is 8. The first-order chi connectivity index (χ1) is 15.0. The molecule has 2 N–H and O–H groups in total. The van der Waals surface area contributed by atoms with Gasteiger partial charge in [-0.05, 0) is 63.4 Å². The lowest BCUT2D eigenvalue weighted by molar-refractivity contribution is -0.160. The van der Waals surface area contributed by atoms with Gasteiger partial charge in [0.25, 0.3) is 5.91 Å². The monoisotopic (exact) mass is 441 g/mol. The van der Waals surface area contributed by atoms with Crippen molar-refractivity contribution < 1.29 is 33.9 Å². The SMILES string of the molecule is CC(C)(C)OC(=O)C(CCC(=O)NOC(=O)c1ccccc1)Cc1cccc(C(=O)O)c1. The third-order valence-corrected chi connectivity index (χ3v) is 4.38. The molecule has 1 amide bonds. The molecule has 0 saturated carbocycles. The third-order valence-electron chi connectivity index (χ3n) is 4.38. The fraction of sp³-hybridized carbons (Fsp3) is 0.333. The molecule has 0 heterocycles. The molecule has 1 atom stereocenters. The van der Waals surface area contributed by atoms with Crippen LogP contribution >= 0.6 is 0 Å². The zero-order valence-corrected chi connectivity index (χ0v) is 18.3. The Morgan fingerprint density at radius 2 is 1.62 bits per heavy atom. The van der Waals surface area contributed by atoms with Gasteiger partial charge in [-0.3, -0.25) is 9.59 Å². The van der Waals surface area contributed by atoms with Crippen LogP contribution < -0.4 is 5.48 Å². The van der Waals surface area contributed by atoms with Gasteiger partial charge in [-0.2, -0.15) is 5.48 Å². The lowest BCUT2D eigenvalue weighted by atomic mass is 9.93. The summed E-state index contributed by atoms with van der Waals surface area (Å²) in [6.45, 7) is 5.22. The molecule has 32 heavy (non-hydrogen) atoms. The van der Waals surface area contributed by atoms with Crippen LogP contribution in [0.15, 0.2) is 54.6 Å². The van der Waals surface area contributed by atoms with Gasteiger partial charge >= 0.3 is 17.9 Å². The highest BCUT2D eigenvalue weighted by Crippen LogP contribution is 2.20. The highest BCUT2D eigenvalue weighted by Gasteiger charge is 2.26. The predicted octanol–water partition coefficient (Wildman–Crippen LogP) is 3.55. The molecule has 0 bridgehead atoms. The van der Waals surface area contributed by atoms with Crippen molar-refractivity contribution in [1.29, 1.82) is 0 Å². The van der Waals surface area contributed by atoms with Crippen molar-refractivity contribution in [3.05, 3.63) is 71.3 Å². The van der Waals surface area contributed by atoms with Crippen molar-refractivity contribution in [2.24, 2.45) is 5.92 Å². The van der Waals surface area contributed by atoms with E-state index in [2.05, 4.69) is 5.48 Å². The molecule has 0 aliphatic carbocycles. The van der Waals surface area contributed by atoms with Crippen LogP contribution in [0.4, 0.5) is 0 Å². The Balaban J connectivity index is 2.00. The van der Waals surface area contributed by atoms with E-state index in [0.717, 1.165) is 0 Å². The molecular weight excluding hydrogens is 414 g/mol. The molecule has 2 aromatic rings. The second-order valence-electron chi connectivity index (χ2n) is 8.26. The average Bonchev–Trinajstić information content (AvgIpc) is 2.74. The summed E-state index contributed by atoms with van der Waals surface area (Å²) < 4.78 is 5.47. The van der Waals surface area contributed by atoms with E-state index < -0.39 is 35.3 Å². The van der Waals surface area contributed by atoms with E-state index in [4.69, 9.17) is 9.57 Å². The Morgan fingerprint density at radius 1 is 0.969 bits per heavy atom. The Bertz CT molecular complexity index is 964. The molecule has 0 saturated heterocycles. The fourth-order valence-corrected chi connectivity index (χ4v) is 2.90. The van der Waals surface area contributed by atoms with Crippen LogP contribution in [0, 0.1) is 5.92 Å². The summed E-state index contributed by atoms with van der Waals surface area (Å²) in [6, 6.07) is 14.5. The minimum atomic E-state index is -1.07. The van der Waals surface area contributed by atoms with Gasteiger partial charge in [-0.15, -0.1) is 0 Å². The van der Waals surface area contributed by atoms with E-state index in [1.165, 1.54) is 12.1 Å². The largest absolute Gasteiger partial charge is 0.478 e. The van der Waals surface area contributed by atoms with Crippen molar-refractivity contribution in [2.75, 3.05) is 0 Å². The molecule has 0 aliphatic heterocycles. The van der Waals surface area contributed by atoms with Gasteiger partial charge in [0.2, 0.25) is 0 Å². The summed E-state index contributed by atoms with van der Waals surface area (Å²) in [4.78, 5) is 52.8. The molecule has 170 valence electrons. The van der Waals surface area contributed by atoms with Crippen LogP contribution in [0.2, 0.25) is 0 Å². The molecule has 2 rings (SSSR count). The van der Waals surface area contributed by atoms with E-state index >= 15 is 0 Å². The van der Waals surface area contributed by atoms with E-state index in [0.29, 0.717) is 5.56 Å². The molecule has 8 heteroatoms. The Morgan fingerprint density at radius 3 is 2.25 bits per heavy atom. The van der Waals surface area contributed by atoms with Gasteiger partial charge in [0.05, 0.1) is 17.0 Å². The lowest BCUT2D eigenvalue weighted by Gasteiger charge is -2.24. The quantitative estimate of drug-likeness (QED) is 0.475. The predicted molar refractivity (Wildman–Crippen MR) is 116 cm³/mol. The van der Waals surface area contributed by atoms with Crippen molar-refractivity contribution in [2.45, 2.75) is 45.6 Å². The second kappa shape index (κ2) is 11.1. The number of carbonyl (C=O) groups excluding carboxylic acids is 3. The van der Waals surface area contributed by atoms with Crippen molar-refractivity contribution in [1.82, 2.24) is 5.48 Å². The molecule has 8 nitrogen and oxygen atoms in total. The zero-order chi connectivity index (χ0) is 23.7. The van der Waals surface area contributed by atoms with Gasteiger partial charge in [0, 0.05) is 6.42 Å². The standard InChI is InChI=1S/C24H27NO7/c1-24(2,3)31-22(29)19(15-16-8-7-11-18(14-16)21(27)28)12-13-20(26)25-32-23(30)17-9-5-4-6-10-17/h4-11,14,19H,12-13,15H2,1-3H3,(H,25,26)(H,27,28). The summed E-state index contributed by atoms with van der Waals surface area (Å²) in [6.07, 6.45) is 0.235. The van der Waals surface area contributed by atoms with Gasteiger partial charge in [0.15, 0.2) is 0 Å². The maximum atomic E-state index is 12.7. The maximum Gasteiger partial charge on any atom is 0.362 e. The first-order valence-corrected chi connectivity index (χ1v) is 10.2. The number of carboxylic acids is 1. The number of nitrogens with one attached hydrogen (secondary N) is 1. The summed E-state index contributed by atoms with van der Waals surface area (Å²) in [5.41, 5.74) is 2.41. The van der Waals surface area contributed by atoms with Gasteiger partial charge in [-0.1, -0.05) is 30.3 Å². The number of hydroxylamine groups is 1. The fourth-order valence-electron chi connectivity index (χ4n) is 2.90. The van der Waals surface area contributed by atoms with Crippen LogP contribution in [0.3, 0.4) is 0 Å². The number of carboxylic acid groups (broad SMARTS) is 1. The summed E-state index contributed by atoms with van der Waals surface area (Å²) in [5, 5.41) is 9.18. The topological polar surface area (TPSA) is 119 Å². The molecule has 0 spiro atoms. The molecule has 0 aliphatic rings. The normalized spacial score (nSPS) is 11.8.